The van der Waals surface area contributed by atoms with Crippen molar-refractivity contribution in [1.29, 1.82) is 0 Å². The number of aryl methyl sites for hydroxylation is 2. The lowest BCUT2D eigenvalue weighted by atomic mass is 9.96. The molecular weight excluding hydrogens is 200 g/mol. The van der Waals surface area contributed by atoms with Crippen molar-refractivity contribution in [3.05, 3.63) is 34.9 Å². The molecule has 0 spiro atoms. The first-order valence-electron chi connectivity index (χ1n) is 5.75. The third-order valence-corrected chi connectivity index (χ3v) is 2.84. The smallest absolute Gasteiger partial charge is 0.0754 e. The second-order valence-electron chi connectivity index (χ2n) is 4.16. The molecule has 0 aliphatic carbocycles. The molecular formula is C13H22N2O. The number of nitrogens with one attached hydrogen (secondary N) is 1. The van der Waals surface area contributed by atoms with Crippen LogP contribution in [-0.4, -0.2) is 12.7 Å². The van der Waals surface area contributed by atoms with Crippen molar-refractivity contribution in [2.75, 3.05) is 6.61 Å². The second-order valence-corrected chi connectivity index (χ2v) is 4.16. The molecule has 0 bridgehead atoms. The number of hydrazine groups is 1. The Bertz CT molecular complexity index is 339. The van der Waals surface area contributed by atoms with Crippen molar-refractivity contribution in [3.63, 3.8) is 0 Å². The van der Waals surface area contributed by atoms with Gasteiger partial charge in [0.1, 0.15) is 0 Å². The van der Waals surface area contributed by atoms with Gasteiger partial charge in [-0.2, -0.15) is 0 Å². The largest absolute Gasteiger partial charge is 0.377 e. The molecule has 0 aliphatic rings. The molecule has 0 amide bonds. The van der Waals surface area contributed by atoms with Crippen LogP contribution in [0, 0.1) is 13.8 Å². The molecule has 1 rings (SSSR count). The van der Waals surface area contributed by atoms with Gasteiger partial charge in [0, 0.05) is 6.61 Å². The van der Waals surface area contributed by atoms with Crippen molar-refractivity contribution >= 4 is 0 Å². The number of rotatable bonds is 5. The van der Waals surface area contributed by atoms with Gasteiger partial charge in [0.2, 0.25) is 0 Å². The molecule has 0 fully saturated rings. The fraction of sp³-hybridized carbons (Fsp3) is 0.538. The summed E-state index contributed by atoms with van der Waals surface area (Å²) in [5, 5.41) is 0. The van der Waals surface area contributed by atoms with Crippen LogP contribution >= 0.6 is 0 Å². The molecule has 0 heterocycles. The van der Waals surface area contributed by atoms with Crippen LogP contribution in [0.15, 0.2) is 18.2 Å². The molecule has 2 atom stereocenters. The van der Waals surface area contributed by atoms with Gasteiger partial charge in [-0.1, -0.05) is 23.8 Å². The van der Waals surface area contributed by atoms with E-state index in [-0.39, 0.29) is 12.1 Å². The van der Waals surface area contributed by atoms with E-state index >= 15 is 0 Å². The molecule has 1 aromatic carbocycles. The van der Waals surface area contributed by atoms with Gasteiger partial charge in [0.15, 0.2) is 0 Å². The Morgan fingerprint density at radius 2 is 2.06 bits per heavy atom. The van der Waals surface area contributed by atoms with Crippen LogP contribution in [0.5, 0.6) is 0 Å². The van der Waals surface area contributed by atoms with Crippen LogP contribution in [0.3, 0.4) is 0 Å². The third kappa shape index (κ3) is 3.04. The highest BCUT2D eigenvalue weighted by molar-refractivity contribution is 5.33. The predicted molar refractivity (Wildman–Crippen MR) is 67.1 cm³/mol. The Balaban J connectivity index is 2.94. The summed E-state index contributed by atoms with van der Waals surface area (Å²) >= 11 is 0. The summed E-state index contributed by atoms with van der Waals surface area (Å²) < 4.78 is 5.59. The lowest BCUT2D eigenvalue weighted by molar-refractivity contribution is 0.0471. The average Bonchev–Trinajstić information content (AvgIpc) is 2.22. The number of hydrogen-bond donors (Lipinski definition) is 2. The molecule has 3 heteroatoms. The fourth-order valence-corrected chi connectivity index (χ4v) is 2.01. The lowest BCUT2D eigenvalue weighted by Gasteiger charge is -2.25. The van der Waals surface area contributed by atoms with E-state index in [1.807, 2.05) is 13.8 Å². The Morgan fingerprint density at radius 1 is 1.38 bits per heavy atom. The van der Waals surface area contributed by atoms with Crippen molar-refractivity contribution in [2.45, 2.75) is 39.8 Å². The summed E-state index contributed by atoms with van der Waals surface area (Å²) in [6.07, 6.45) is 0.0661. The number of nitrogens with two attached hydrogens (primary N) is 1. The summed E-state index contributed by atoms with van der Waals surface area (Å²) in [7, 11) is 0. The van der Waals surface area contributed by atoms with E-state index < -0.39 is 0 Å². The molecule has 0 radical (unpaired) electrons. The predicted octanol–water partition coefficient (Wildman–Crippen LogP) is 2.23. The quantitative estimate of drug-likeness (QED) is 0.593. The summed E-state index contributed by atoms with van der Waals surface area (Å²) in [5.74, 6) is 5.61. The molecule has 0 saturated carbocycles. The molecule has 3 N–H and O–H groups in total. The van der Waals surface area contributed by atoms with E-state index in [1.54, 1.807) is 0 Å². The van der Waals surface area contributed by atoms with E-state index in [0.717, 1.165) is 0 Å². The van der Waals surface area contributed by atoms with E-state index in [9.17, 15) is 0 Å². The van der Waals surface area contributed by atoms with Crippen LogP contribution in [0.1, 0.15) is 36.6 Å². The molecule has 3 nitrogen and oxygen atoms in total. The first kappa shape index (κ1) is 13.2. The van der Waals surface area contributed by atoms with Gasteiger partial charge in [-0.15, -0.1) is 0 Å². The van der Waals surface area contributed by atoms with Gasteiger partial charge in [0.05, 0.1) is 12.1 Å². The molecule has 16 heavy (non-hydrogen) atoms. The Hall–Kier alpha value is -0.900. The van der Waals surface area contributed by atoms with Crippen molar-refractivity contribution < 1.29 is 4.74 Å². The maximum atomic E-state index is 5.61. The van der Waals surface area contributed by atoms with Crippen molar-refractivity contribution in [3.8, 4) is 0 Å². The molecule has 2 unspecified atom stereocenters. The second kappa shape index (κ2) is 5.99. The first-order valence-corrected chi connectivity index (χ1v) is 5.75. The zero-order chi connectivity index (χ0) is 12.1. The Labute approximate surface area is 98.0 Å². The minimum atomic E-state index is 0.0422. The fourth-order valence-electron chi connectivity index (χ4n) is 2.01. The minimum absolute atomic E-state index is 0.0422. The number of benzene rings is 1. The minimum Gasteiger partial charge on any atom is -0.377 e. The Kier molecular flexibility index (Phi) is 4.93. The van der Waals surface area contributed by atoms with Gasteiger partial charge < -0.3 is 4.74 Å². The molecule has 0 saturated heterocycles. The zero-order valence-corrected chi connectivity index (χ0v) is 10.6. The molecule has 90 valence electrons. The van der Waals surface area contributed by atoms with Crippen molar-refractivity contribution in [2.24, 2.45) is 5.84 Å². The Morgan fingerprint density at radius 3 is 2.56 bits per heavy atom. The van der Waals surface area contributed by atoms with Crippen molar-refractivity contribution in [1.82, 2.24) is 5.43 Å². The standard InChI is InChI=1S/C13H22N2O/c1-5-16-11(4)13(15-14)12-7-6-9(2)8-10(12)3/h6-8,11,13,15H,5,14H2,1-4H3. The summed E-state index contributed by atoms with van der Waals surface area (Å²) in [6, 6.07) is 6.43. The van der Waals surface area contributed by atoms with Gasteiger partial charge in [-0.05, 0) is 38.8 Å². The normalized spacial score (nSPS) is 14.8. The van der Waals surface area contributed by atoms with Gasteiger partial charge in [-0.3, -0.25) is 11.3 Å². The van der Waals surface area contributed by atoms with E-state index in [1.165, 1.54) is 16.7 Å². The number of hydrogen-bond acceptors (Lipinski definition) is 3. The maximum absolute atomic E-state index is 5.61. The highest BCUT2D eigenvalue weighted by Gasteiger charge is 2.19. The first-order chi connectivity index (χ1) is 7.60. The molecule has 0 aromatic heterocycles. The third-order valence-electron chi connectivity index (χ3n) is 2.84. The van der Waals surface area contributed by atoms with E-state index in [2.05, 4.69) is 37.5 Å². The monoisotopic (exact) mass is 222 g/mol. The van der Waals surface area contributed by atoms with Crippen LogP contribution in [0.4, 0.5) is 0 Å². The van der Waals surface area contributed by atoms with Gasteiger partial charge in [0.25, 0.3) is 0 Å². The van der Waals surface area contributed by atoms with E-state index in [4.69, 9.17) is 10.6 Å². The lowest BCUT2D eigenvalue weighted by Crippen LogP contribution is -2.37. The zero-order valence-electron chi connectivity index (χ0n) is 10.6. The molecule has 0 aliphatic heterocycles. The SMILES string of the molecule is CCOC(C)C(NN)c1ccc(C)cc1C. The summed E-state index contributed by atoms with van der Waals surface area (Å²) in [4.78, 5) is 0. The summed E-state index contributed by atoms with van der Waals surface area (Å²) in [6.45, 7) is 8.92. The van der Waals surface area contributed by atoms with Crippen LogP contribution in [0.2, 0.25) is 0 Å². The highest BCUT2D eigenvalue weighted by Crippen LogP contribution is 2.22. The maximum Gasteiger partial charge on any atom is 0.0754 e. The highest BCUT2D eigenvalue weighted by atomic mass is 16.5. The van der Waals surface area contributed by atoms with E-state index in [0.29, 0.717) is 6.61 Å². The topological polar surface area (TPSA) is 47.3 Å². The average molecular weight is 222 g/mol. The van der Waals surface area contributed by atoms with Crippen LogP contribution in [0.25, 0.3) is 0 Å². The summed E-state index contributed by atoms with van der Waals surface area (Å²) in [5.41, 5.74) is 6.55. The van der Waals surface area contributed by atoms with Gasteiger partial charge in [-0.25, -0.2) is 0 Å². The van der Waals surface area contributed by atoms with Gasteiger partial charge >= 0.3 is 0 Å². The van der Waals surface area contributed by atoms with Crippen LogP contribution in [-0.2, 0) is 4.74 Å². The number of ether oxygens (including phenoxy) is 1. The van der Waals surface area contributed by atoms with Crippen LogP contribution < -0.4 is 11.3 Å². The molecule has 1 aromatic rings.